The number of carbonyl (C=O) groups excluding carboxylic acids is 1. The van der Waals surface area contributed by atoms with Crippen LogP contribution in [0, 0.1) is 12.8 Å². The van der Waals surface area contributed by atoms with E-state index in [4.69, 9.17) is 0 Å². The predicted molar refractivity (Wildman–Crippen MR) is 102 cm³/mol. The summed E-state index contributed by atoms with van der Waals surface area (Å²) >= 11 is 0. The molecule has 2 aliphatic heterocycles. The molecule has 2 fully saturated rings. The molecule has 0 N–H and O–H groups in total. The minimum Gasteiger partial charge on any atom is -0.340 e. The molecule has 4 rings (SSSR count). The number of benzene rings is 1. The average molecular weight is 349 g/mol. The van der Waals surface area contributed by atoms with E-state index in [1.807, 2.05) is 18.0 Å². The summed E-state index contributed by atoms with van der Waals surface area (Å²) in [5.41, 5.74) is 3.48. The molecule has 2 aliphatic rings. The van der Waals surface area contributed by atoms with Crippen molar-refractivity contribution >= 4 is 5.91 Å². The van der Waals surface area contributed by atoms with E-state index in [1.54, 1.807) is 6.20 Å². The van der Waals surface area contributed by atoms with Gasteiger partial charge in [0.1, 0.15) is 0 Å². The van der Waals surface area contributed by atoms with Gasteiger partial charge in [0.25, 0.3) is 0 Å². The molecule has 1 amide bonds. The molecule has 2 aromatic rings. The summed E-state index contributed by atoms with van der Waals surface area (Å²) in [5.74, 6) is 0.363. The van der Waals surface area contributed by atoms with Crippen LogP contribution in [0.3, 0.4) is 0 Å². The Morgan fingerprint density at radius 2 is 2.04 bits per heavy atom. The zero-order valence-corrected chi connectivity index (χ0v) is 15.6. The third kappa shape index (κ3) is 3.14. The van der Waals surface area contributed by atoms with Crippen LogP contribution in [0.5, 0.6) is 0 Å². The van der Waals surface area contributed by atoms with Gasteiger partial charge in [-0.3, -0.25) is 14.7 Å². The van der Waals surface area contributed by atoms with Crippen LogP contribution in [0.2, 0.25) is 0 Å². The highest BCUT2D eigenvalue weighted by Gasteiger charge is 2.47. The van der Waals surface area contributed by atoms with Gasteiger partial charge in [0.15, 0.2) is 0 Å². The van der Waals surface area contributed by atoms with Crippen molar-refractivity contribution in [3.05, 3.63) is 65.5 Å². The SMILES string of the molecule is Cc1cccnc1CN(C)C(=O)[C@@H]1C[C@H](c2ccccc2)N2CCC[C@@H]12. The Hall–Kier alpha value is -2.20. The first kappa shape index (κ1) is 17.2. The van der Waals surface area contributed by atoms with Gasteiger partial charge >= 0.3 is 0 Å². The van der Waals surface area contributed by atoms with Gasteiger partial charge in [0, 0.05) is 25.3 Å². The lowest BCUT2D eigenvalue weighted by Crippen LogP contribution is -2.38. The molecular formula is C22H27N3O. The lowest BCUT2D eigenvalue weighted by molar-refractivity contribution is -0.135. The third-order valence-electron chi connectivity index (χ3n) is 6.07. The van der Waals surface area contributed by atoms with Gasteiger partial charge in [-0.25, -0.2) is 0 Å². The first-order chi connectivity index (χ1) is 12.6. The molecule has 1 aromatic carbocycles. The Balaban J connectivity index is 1.51. The molecule has 0 spiro atoms. The molecule has 3 heterocycles. The smallest absolute Gasteiger partial charge is 0.227 e. The number of rotatable bonds is 4. The predicted octanol–water partition coefficient (Wildman–Crippen LogP) is 3.57. The third-order valence-corrected chi connectivity index (χ3v) is 6.07. The van der Waals surface area contributed by atoms with E-state index in [0.29, 0.717) is 18.6 Å². The molecule has 4 heteroatoms. The van der Waals surface area contributed by atoms with E-state index in [0.717, 1.165) is 30.6 Å². The van der Waals surface area contributed by atoms with Gasteiger partial charge < -0.3 is 4.90 Å². The Morgan fingerprint density at radius 1 is 1.23 bits per heavy atom. The average Bonchev–Trinajstić information content (AvgIpc) is 3.26. The first-order valence-corrected chi connectivity index (χ1v) is 9.61. The summed E-state index contributed by atoms with van der Waals surface area (Å²) in [6.07, 6.45) is 5.07. The summed E-state index contributed by atoms with van der Waals surface area (Å²) in [6.45, 7) is 3.75. The Morgan fingerprint density at radius 3 is 2.81 bits per heavy atom. The molecule has 1 aromatic heterocycles. The maximum Gasteiger partial charge on any atom is 0.227 e. The van der Waals surface area contributed by atoms with Crippen LogP contribution in [0.25, 0.3) is 0 Å². The van der Waals surface area contributed by atoms with Crippen molar-refractivity contribution in [3.8, 4) is 0 Å². The molecule has 3 atom stereocenters. The molecule has 136 valence electrons. The van der Waals surface area contributed by atoms with E-state index < -0.39 is 0 Å². The van der Waals surface area contributed by atoms with Gasteiger partial charge in [0.2, 0.25) is 5.91 Å². The van der Waals surface area contributed by atoms with Crippen LogP contribution in [0.4, 0.5) is 0 Å². The summed E-state index contributed by atoms with van der Waals surface area (Å²) < 4.78 is 0. The fourth-order valence-electron chi connectivity index (χ4n) is 4.70. The molecule has 2 saturated heterocycles. The fraction of sp³-hybridized carbons (Fsp3) is 0.455. The second kappa shape index (κ2) is 7.20. The van der Waals surface area contributed by atoms with Crippen molar-refractivity contribution in [2.75, 3.05) is 13.6 Å². The van der Waals surface area contributed by atoms with Crippen molar-refractivity contribution in [1.29, 1.82) is 0 Å². The summed E-state index contributed by atoms with van der Waals surface area (Å²) in [4.78, 5) is 22.1. The largest absolute Gasteiger partial charge is 0.340 e. The maximum absolute atomic E-state index is 13.3. The van der Waals surface area contributed by atoms with Crippen LogP contribution in [0.15, 0.2) is 48.7 Å². The minimum atomic E-state index is 0.0942. The van der Waals surface area contributed by atoms with Crippen LogP contribution in [0.1, 0.15) is 42.1 Å². The van der Waals surface area contributed by atoms with E-state index in [1.165, 1.54) is 12.0 Å². The number of amides is 1. The van der Waals surface area contributed by atoms with Gasteiger partial charge in [-0.15, -0.1) is 0 Å². The molecule has 26 heavy (non-hydrogen) atoms. The molecule has 0 bridgehead atoms. The standard InChI is InChI=1S/C22H27N3O/c1-16-8-6-12-23-19(16)15-24(2)22(26)18-14-21(17-9-4-3-5-10-17)25-13-7-11-20(18)25/h3-6,8-10,12,18,20-21H,7,11,13-15H2,1-2H3/t18-,20+,21-/m1/s1. The number of pyridine rings is 1. The number of fused-ring (bicyclic) bond motifs is 1. The van der Waals surface area contributed by atoms with Gasteiger partial charge in [-0.2, -0.15) is 0 Å². The number of hydrogen-bond donors (Lipinski definition) is 0. The van der Waals surface area contributed by atoms with Crippen LogP contribution >= 0.6 is 0 Å². The topological polar surface area (TPSA) is 36.4 Å². The van der Waals surface area contributed by atoms with Crippen molar-refractivity contribution in [1.82, 2.24) is 14.8 Å². The molecule has 0 radical (unpaired) electrons. The lowest BCUT2D eigenvalue weighted by atomic mass is 9.93. The van der Waals surface area contributed by atoms with Crippen molar-refractivity contribution in [3.63, 3.8) is 0 Å². The second-order valence-corrected chi connectivity index (χ2v) is 7.68. The Bertz CT molecular complexity index is 776. The molecule has 0 unspecified atom stereocenters. The zero-order chi connectivity index (χ0) is 18.1. The number of carbonyl (C=O) groups is 1. The second-order valence-electron chi connectivity index (χ2n) is 7.68. The summed E-state index contributed by atoms with van der Waals surface area (Å²) in [5, 5.41) is 0. The number of aryl methyl sites for hydroxylation is 1. The molecule has 4 nitrogen and oxygen atoms in total. The van der Waals surface area contributed by atoms with Gasteiger partial charge in [-0.05, 0) is 49.9 Å². The van der Waals surface area contributed by atoms with Crippen LogP contribution < -0.4 is 0 Å². The highest BCUT2D eigenvalue weighted by atomic mass is 16.2. The Kier molecular flexibility index (Phi) is 4.77. The van der Waals surface area contributed by atoms with Crippen molar-refractivity contribution < 1.29 is 4.79 Å². The zero-order valence-electron chi connectivity index (χ0n) is 15.6. The number of nitrogens with zero attached hydrogens (tertiary/aromatic N) is 3. The highest BCUT2D eigenvalue weighted by Crippen LogP contribution is 2.45. The van der Waals surface area contributed by atoms with E-state index in [9.17, 15) is 4.79 Å². The van der Waals surface area contributed by atoms with Crippen molar-refractivity contribution in [2.45, 2.75) is 44.8 Å². The molecule has 0 aliphatic carbocycles. The van der Waals surface area contributed by atoms with Gasteiger partial charge in [-0.1, -0.05) is 36.4 Å². The van der Waals surface area contributed by atoms with Crippen LogP contribution in [-0.2, 0) is 11.3 Å². The van der Waals surface area contributed by atoms with E-state index in [-0.39, 0.29) is 11.8 Å². The normalized spacial score (nSPS) is 25.2. The summed E-state index contributed by atoms with van der Waals surface area (Å²) in [6, 6.07) is 15.4. The lowest BCUT2D eigenvalue weighted by Gasteiger charge is -2.26. The van der Waals surface area contributed by atoms with Crippen molar-refractivity contribution in [2.24, 2.45) is 5.92 Å². The monoisotopic (exact) mass is 349 g/mol. The van der Waals surface area contributed by atoms with E-state index in [2.05, 4.69) is 53.2 Å². The van der Waals surface area contributed by atoms with Crippen LogP contribution in [-0.4, -0.2) is 40.3 Å². The van der Waals surface area contributed by atoms with Gasteiger partial charge in [0.05, 0.1) is 18.2 Å². The molecule has 0 saturated carbocycles. The minimum absolute atomic E-state index is 0.0942. The quantitative estimate of drug-likeness (QED) is 0.847. The highest BCUT2D eigenvalue weighted by molar-refractivity contribution is 5.80. The fourth-order valence-corrected chi connectivity index (χ4v) is 4.70. The Labute approximate surface area is 155 Å². The molecular weight excluding hydrogens is 322 g/mol. The maximum atomic E-state index is 13.3. The first-order valence-electron chi connectivity index (χ1n) is 9.61. The number of hydrogen-bond acceptors (Lipinski definition) is 3. The summed E-state index contributed by atoms with van der Waals surface area (Å²) in [7, 11) is 1.92. The van der Waals surface area contributed by atoms with E-state index >= 15 is 0 Å². The number of aromatic nitrogens is 1.